The SMILES string of the molecule is CS(=O)(=O)N1CCCC(CC(O)CC(F)(F)F)C1. The van der Waals surface area contributed by atoms with Gasteiger partial charge in [-0.2, -0.15) is 13.2 Å². The van der Waals surface area contributed by atoms with Crippen LogP contribution in [0.4, 0.5) is 13.2 Å². The Morgan fingerprint density at radius 2 is 2.06 bits per heavy atom. The maximum absolute atomic E-state index is 12.1. The number of alkyl halides is 3. The van der Waals surface area contributed by atoms with Crippen LogP contribution in [-0.4, -0.2) is 49.5 Å². The van der Waals surface area contributed by atoms with E-state index in [4.69, 9.17) is 0 Å². The molecule has 0 aliphatic carbocycles. The number of nitrogens with zero attached hydrogens (tertiary/aromatic N) is 1. The molecule has 8 heteroatoms. The fourth-order valence-corrected chi connectivity index (χ4v) is 3.20. The van der Waals surface area contributed by atoms with Gasteiger partial charge in [-0.05, 0) is 25.2 Å². The first-order valence-corrected chi connectivity index (χ1v) is 7.62. The molecule has 0 amide bonds. The average Bonchev–Trinajstić information content (AvgIpc) is 2.13. The average molecular weight is 289 g/mol. The van der Waals surface area contributed by atoms with Gasteiger partial charge in [-0.1, -0.05) is 0 Å². The Balaban J connectivity index is 2.48. The van der Waals surface area contributed by atoms with Gasteiger partial charge in [-0.3, -0.25) is 0 Å². The number of piperidine rings is 1. The Hall–Kier alpha value is -0.340. The van der Waals surface area contributed by atoms with E-state index in [1.807, 2.05) is 0 Å². The van der Waals surface area contributed by atoms with Gasteiger partial charge in [0.05, 0.1) is 18.8 Å². The van der Waals surface area contributed by atoms with E-state index in [-0.39, 0.29) is 18.9 Å². The van der Waals surface area contributed by atoms with Crippen LogP contribution in [0, 0.1) is 5.92 Å². The van der Waals surface area contributed by atoms with Crippen LogP contribution in [0.5, 0.6) is 0 Å². The van der Waals surface area contributed by atoms with Crippen LogP contribution < -0.4 is 0 Å². The Morgan fingerprint density at radius 3 is 2.56 bits per heavy atom. The molecular formula is C10H18F3NO3S. The lowest BCUT2D eigenvalue weighted by molar-refractivity contribution is -0.155. The minimum atomic E-state index is -4.38. The van der Waals surface area contributed by atoms with E-state index in [0.29, 0.717) is 19.4 Å². The molecule has 0 aromatic rings. The van der Waals surface area contributed by atoms with Gasteiger partial charge >= 0.3 is 6.18 Å². The first-order valence-electron chi connectivity index (χ1n) is 5.78. The van der Waals surface area contributed by atoms with Crippen molar-refractivity contribution in [3.05, 3.63) is 0 Å². The number of rotatable bonds is 4. The smallest absolute Gasteiger partial charge is 0.391 e. The number of hydrogen-bond donors (Lipinski definition) is 1. The molecule has 0 saturated carbocycles. The van der Waals surface area contributed by atoms with Crippen LogP contribution in [0.3, 0.4) is 0 Å². The molecule has 1 N–H and O–H groups in total. The summed E-state index contributed by atoms with van der Waals surface area (Å²) in [5.41, 5.74) is 0. The lowest BCUT2D eigenvalue weighted by Gasteiger charge is -2.32. The number of hydrogen-bond acceptors (Lipinski definition) is 3. The van der Waals surface area contributed by atoms with Crippen LogP contribution in [0.15, 0.2) is 0 Å². The van der Waals surface area contributed by atoms with Gasteiger partial charge in [0.2, 0.25) is 10.0 Å². The topological polar surface area (TPSA) is 57.6 Å². The van der Waals surface area contributed by atoms with Crippen molar-refractivity contribution in [3.8, 4) is 0 Å². The maximum Gasteiger partial charge on any atom is 0.391 e. The van der Waals surface area contributed by atoms with E-state index >= 15 is 0 Å². The summed E-state index contributed by atoms with van der Waals surface area (Å²) in [6.07, 6.45) is -4.72. The molecular weight excluding hydrogens is 271 g/mol. The molecule has 0 bridgehead atoms. The third kappa shape index (κ3) is 5.53. The van der Waals surface area contributed by atoms with E-state index < -0.39 is 28.7 Å². The zero-order valence-corrected chi connectivity index (χ0v) is 11.0. The zero-order valence-electron chi connectivity index (χ0n) is 10.2. The van der Waals surface area contributed by atoms with Crippen molar-refractivity contribution in [3.63, 3.8) is 0 Å². The molecule has 2 atom stereocenters. The van der Waals surface area contributed by atoms with Crippen molar-refractivity contribution in [2.75, 3.05) is 19.3 Å². The van der Waals surface area contributed by atoms with E-state index in [2.05, 4.69) is 0 Å². The summed E-state index contributed by atoms with van der Waals surface area (Å²) in [6, 6.07) is 0. The number of halogens is 3. The summed E-state index contributed by atoms with van der Waals surface area (Å²) < 4.78 is 60.1. The van der Waals surface area contributed by atoms with Crippen LogP contribution in [0.1, 0.15) is 25.7 Å². The molecule has 108 valence electrons. The molecule has 1 aliphatic rings. The summed E-state index contributed by atoms with van der Waals surface area (Å²) in [4.78, 5) is 0. The second-order valence-corrected chi connectivity index (χ2v) is 6.82. The van der Waals surface area contributed by atoms with Crippen LogP contribution in [-0.2, 0) is 10.0 Å². The third-order valence-electron chi connectivity index (χ3n) is 3.02. The van der Waals surface area contributed by atoms with Gasteiger partial charge in [0.15, 0.2) is 0 Å². The quantitative estimate of drug-likeness (QED) is 0.850. The molecule has 1 saturated heterocycles. The lowest BCUT2D eigenvalue weighted by Crippen LogP contribution is -2.40. The summed E-state index contributed by atoms with van der Waals surface area (Å²) in [5.74, 6) is -0.203. The van der Waals surface area contributed by atoms with E-state index in [0.717, 1.165) is 6.26 Å². The van der Waals surface area contributed by atoms with Crippen molar-refractivity contribution in [2.45, 2.75) is 38.0 Å². The van der Waals surface area contributed by atoms with Crippen molar-refractivity contribution in [2.24, 2.45) is 5.92 Å². The number of sulfonamides is 1. The largest absolute Gasteiger partial charge is 0.393 e. The second kappa shape index (κ2) is 5.75. The molecule has 4 nitrogen and oxygen atoms in total. The Morgan fingerprint density at radius 1 is 1.44 bits per heavy atom. The molecule has 1 fully saturated rings. The van der Waals surface area contributed by atoms with E-state index in [9.17, 15) is 26.7 Å². The standard InChI is InChI=1S/C10H18F3NO3S/c1-18(16,17)14-4-2-3-8(7-14)5-9(15)6-10(11,12)13/h8-9,15H,2-7H2,1H3. The predicted octanol–water partition coefficient (Wildman–Crippen LogP) is 1.36. The Kier molecular flexibility index (Phi) is 5.02. The van der Waals surface area contributed by atoms with Crippen molar-refractivity contribution in [1.82, 2.24) is 4.31 Å². The lowest BCUT2D eigenvalue weighted by atomic mass is 9.92. The molecule has 1 aliphatic heterocycles. The molecule has 18 heavy (non-hydrogen) atoms. The summed E-state index contributed by atoms with van der Waals surface area (Å²) >= 11 is 0. The normalized spacial score (nSPS) is 25.1. The fraction of sp³-hybridized carbons (Fsp3) is 1.00. The van der Waals surface area contributed by atoms with Crippen molar-refractivity contribution >= 4 is 10.0 Å². The van der Waals surface area contributed by atoms with Crippen LogP contribution in [0.25, 0.3) is 0 Å². The van der Waals surface area contributed by atoms with E-state index in [1.54, 1.807) is 0 Å². The molecule has 1 heterocycles. The summed E-state index contributed by atoms with van der Waals surface area (Å²) in [6.45, 7) is 0.610. The monoisotopic (exact) mass is 289 g/mol. The molecule has 1 rings (SSSR count). The fourth-order valence-electron chi connectivity index (χ4n) is 2.26. The zero-order chi connectivity index (χ0) is 14.0. The molecule has 2 unspecified atom stereocenters. The van der Waals surface area contributed by atoms with Gasteiger partial charge in [0.1, 0.15) is 0 Å². The number of aliphatic hydroxyl groups is 1. The van der Waals surface area contributed by atoms with Gasteiger partial charge in [0, 0.05) is 13.1 Å². The molecule has 0 radical (unpaired) electrons. The Bertz CT molecular complexity index is 369. The van der Waals surface area contributed by atoms with Crippen LogP contribution in [0.2, 0.25) is 0 Å². The van der Waals surface area contributed by atoms with Gasteiger partial charge < -0.3 is 5.11 Å². The molecule has 0 spiro atoms. The van der Waals surface area contributed by atoms with Gasteiger partial charge in [-0.15, -0.1) is 0 Å². The third-order valence-corrected chi connectivity index (χ3v) is 4.29. The van der Waals surface area contributed by atoms with Gasteiger partial charge in [-0.25, -0.2) is 12.7 Å². The minimum Gasteiger partial charge on any atom is -0.393 e. The molecule has 0 aromatic heterocycles. The first kappa shape index (κ1) is 15.7. The van der Waals surface area contributed by atoms with E-state index in [1.165, 1.54) is 4.31 Å². The second-order valence-electron chi connectivity index (χ2n) is 4.84. The predicted molar refractivity (Wildman–Crippen MR) is 60.4 cm³/mol. The molecule has 0 aromatic carbocycles. The van der Waals surface area contributed by atoms with Crippen LogP contribution >= 0.6 is 0 Å². The Labute approximate surface area is 105 Å². The highest BCUT2D eigenvalue weighted by molar-refractivity contribution is 7.88. The number of aliphatic hydroxyl groups excluding tert-OH is 1. The summed E-state index contributed by atoms with van der Waals surface area (Å²) in [7, 11) is -3.30. The van der Waals surface area contributed by atoms with Crippen molar-refractivity contribution < 1.29 is 26.7 Å². The highest BCUT2D eigenvalue weighted by Crippen LogP contribution is 2.28. The highest BCUT2D eigenvalue weighted by atomic mass is 32.2. The van der Waals surface area contributed by atoms with Gasteiger partial charge in [0.25, 0.3) is 0 Å². The summed E-state index contributed by atoms with van der Waals surface area (Å²) in [5, 5.41) is 9.34. The maximum atomic E-state index is 12.1. The van der Waals surface area contributed by atoms with Crippen molar-refractivity contribution in [1.29, 1.82) is 0 Å². The first-order chi connectivity index (χ1) is 8.08. The minimum absolute atomic E-state index is 0.00840. The highest BCUT2D eigenvalue weighted by Gasteiger charge is 2.33.